The van der Waals surface area contributed by atoms with Crippen molar-refractivity contribution in [3.8, 4) is 5.75 Å². The van der Waals surface area contributed by atoms with E-state index >= 15 is 0 Å². The van der Waals surface area contributed by atoms with Gasteiger partial charge in [0.1, 0.15) is 11.6 Å². The van der Waals surface area contributed by atoms with Crippen molar-refractivity contribution < 1.29 is 23.5 Å². The highest BCUT2D eigenvalue weighted by molar-refractivity contribution is 6.11. The molecule has 0 fully saturated rings. The molecule has 2 aromatic carbocycles. The highest BCUT2D eigenvalue weighted by atomic mass is 19.1. The van der Waals surface area contributed by atoms with Crippen LogP contribution in [0.5, 0.6) is 5.75 Å². The van der Waals surface area contributed by atoms with E-state index in [0.717, 1.165) is 0 Å². The van der Waals surface area contributed by atoms with Gasteiger partial charge in [-0.05, 0) is 42.0 Å². The molecule has 0 radical (unpaired) electrons. The molecule has 2 aromatic rings. The maximum absolute atomic E-state index is 12.9. The first-order valence-electron chi connectivity index (χ1n) is 8.13. The molecule has 2 rings (SSSR count). The topological polar surface area (TPSA) is 96.5 Å². The van der Waals surface area contributed by atoms with Crippen molar-refractivity contribution in [3.63, 3.8) is 0 Å². The van der Waals surface area contributed by atoms with Crippen molar-refractivity contribution in [2.24, 2.45) is 0 Å². The zero-order valence-corrected chi connectivity index (χ0v) is 14.9. The van der Waals surface area contributed by atoms with Crippen LogP contribution in [0.25, 0.3) is 0 Å². The summed E-state index contributed by atoms with van der Waals surface area (Å²) in [6, 6.07) is 10.7. The number of hydrogen-bond donors (Lipinski definition) is 3. The van der Waals surface area contributed by atoms with Crippen molar-refractivity contribution in [2.45, 2.75) is 19.5 Å². The van der Waals surface area contributed by atoms with E-state index in [0.29, 0.717) is 17.0 Å². The Labute approximate surface area is 155 Å². The number of nitrogens with one attached hydrogen (secondary N) is 3. The van der Waals surface area contributed by atoms with Gasteiger partial charge in [0.25, 0.3) is 11.8 Å². The van der Waals surface area contributed by atoms with Crippen LogP contribution in [0.15, 0.2) is 48.5 Å². The predicted octanol–water partition coefficient (Wildman–Crippen LogP) is 1.59. The molecule has 1 atom stereocenters. The second-order valence-corrected chi connectivity index (χ2v) is 5.70. The summed E-state index contributed by atoms with van der Waals surface area (Å²) in [5.74, 6) is -1.67. The third-order valence-electron chi connectivity index (χ3n) is 3.61. The maximum Gasteiger partial charge on any atom is 0.256 e. The van der Waals surface area contributed by atoms with Crippen molar-refractivity contribution in [1.29, 1.82) is 0 Å². The minimum atomic E-state index is -1.41. The Morgan fingerprint density at radius 2 is 1.63 bits per heavy atom. The van der Waals surface area contributed by atoms with Crippen LogP contribution >= 0.6 is 0 Å². The average Bonchev–Trinajstić information content (AvgIpc) is 2.65. The van der Waals surface area contributed by atoms with Crippen LogP contribution in [-0.4, -0.2) is 30.9 Å². The minimum absolute atomic E-state index is 0.0883. The zero-order valence-electron chi connectivity index (χ0n) is 14.9. The third-order valence-corrected chi connectivity index (χ3v) is 3.61. The first-order valence-corrected chi connectivity index (χ1v) is 8.13. The summed E-state index contributed by atoms with van der Waals surface area (Å²) in [6.45, 7) is 1.30. The van der Waals surface area contributed by atoms with Gasteiger partial charge in [-0.3, -0.25) is 14.4 Å². The summed E-state index contributed by atoms with van der Waals surface area (Å²) in [5.41, 5.74) is 1.10. The first kappa shape index (κ1) is 19.9. The van der Waals surface area contributed by atoms with E-state index in [-0.39, 0.29) is 12.4 Å². The molecule has 0 saturated carbocycles. The van der Waals surface area contributed by atoms with Crippen molar-refractivity contribution >= 4 is 23.4 Å². The van der Waals surface area contributed by atoms with Gasteiger partial charge in [-0.25, -0.2) is 4.39 Å². The molecule has 0 aliphatic heterocycles. The van der Waals surface area contributed by atoms with E-state index in [1.165, 1.54) is 38.3 Å². The molecule has 7 nitrogen and oxygen atoms in total. The number of ether oxygens (including phenoxy) is 1. The molecule has 3 N–H and O–H groups in total. The van der Waals surface area contributed by atoms with Gasteiger partial charge in [0.2, 0.25) is 5.91 Å². The van der Waals surface area contributed by atoms with E-state index in [4.69, 9.17) is 4.74 Å². The molecule has 0 unspecified atom stereocenters. The Morgan fingerprint density at radius 3 is 2.19 bits per heavy atom. The number of carbonyl (C=O) groups excluding carboxylic acids is 3. The van der Waals surface area contributed by atoms with Crippen LogP contribution in [0.1, 0.15) is 12.5 Å². The van der Waals surface area contributed by atoms with Gasteiger partial charge in [0.15, 0.2) is 6.04 Å². The maximum atomic E-state index is 12.9. The molecular formula is C19H20FN3O4. The molecule has 0 saturated heterocycles. The van der Waals surface area contributed by atoms with Crippen molar-refractivity contribution in [2.75, 3.05) is 12.4 Å². The number of anilines is 1. The molecule has 3 amide bonds. The molecule has 0 aliphatic rings. The molecule has 0 bridgehead atoms. The molecular weight excluding hydrogens is 353 g/mol. The Balaban J connectivity index is 2.02. The number of amides is 3. The van der Waals surface area contributed by atoms with Crippen LogP contribution < -0.4 is 20.7 Å². The largest absolute Gasteiger partial charge is 0.497 e. The summed E-state index contributed by atoms with van der Waals surface area (Å²) in [7, 11) is 1.52. The van der Waals surface area contributed by atoms with Crippen molar-refractivity contribution in [3.05, 3.63) is 59.9 Å². The number of rotatable bonds is 7. The highest BCUT2D eigenvalue weighted by Crippen LogP contribution is 2.15. The molecule has 0 aliphatic carbocycles. The van der Waals surface area contributed by atoms with Gasteiger partial charge in [-0.15, -0.1) is 0 Å². The lowest BCUT2D eigenvalue weighted by molar-refractivity contribution is -0.134. The van der Waals surface area contributed by atoms with Gasteiger partial charge in [-0.1, -0.05) is 12.1 Å². The fourth-order valence-corrected chi connectivity index (χ4v) is 2.24. The second kappa shape index (κ2) is 9.33. The summed E-state index contributed by atoms with van der Waals surface area (Å²) < 4.78 is 18.0. The lowest BCUT2D eigenvalue weighted by atomic mass is 10.2. The summed E-state index contributed by atoms with van der Waals surface area (Å²) in [4.78, 5) is 36.2. The Kier molecular flexibility index (Phi) is 6.87. The van der Waals surface area contributed by atoms with Gasteiger partial charge in [0, 0.05) is 19.2 Å². The van der Waals surface area contributed by atoms with E-state index in [9.17, 15) is 18.8 Å². The molecule has 0 heterocycles. The number of methoxy groups -OCH3 is 1. The van der Waals surface area contributed by atoms with Crippen molar-refractivity contribution in [1.82, 2.24) is 10.6 Å². The average molecular weight is 373 g/mol. The normalized spacial score (nSPS) is 11.2. The quantitative estimate of drug-likeness (QED) is 0.642. The first-order chi connectivity index (χ1) is 12.9. The van der Waals surface area contributed by atoms with E-state index in [1.807, 2.05) is 0 Å². The van der Waals surface area contributed by atoms with Crippen LogP contribution in [0, 0.1) is 5.82 Å². The standard InChI is InChI=1S/C19H20FN3O4/c1-12(24)22-17(18(25)21-11-13-3-5-14(20)6-4-13)19(26)23-15-7-9-16(27-2)10-8-15/h3-10,17H,11H2,1-2H3,(H,21,25)(H,22,24)(H,23,26)/t17-/m1/s1. The van der Waals surface area contributed by atoms with Gasteiger partial charge < -0.3 is 20.7 Å². The number of hydrogen-bond acceptors (Lipinski definition) is 4. The SMILES string of the molecule is COc1ccc(NC(=O)[C@H](NC(C)=O)C(=O)NCc2ccc(F)cc2)cc1. The summed E-state index contributed by atoms with van der Waals surface area (Å²) >= 11 is 0. The molecule has 8 heteroatoms. The molecule has 0 spiro atoms. The smallest absolute Gasteiger partial charge is 0.256 e. The lowest BCUT2D eigenvalue weighted by Crippen LogP contribution is -2.52. The van der Waals surface area contributed by atoms with Gasteiger partial charge in [-0.2, -0.15) is 0 Å². The second-order valence-electron chi connectivity index (χ2n) is 5.70. The van der Waals surface area contributed by atoms with Crippen LogP contribution in [-0.2, 0) is 20.9 Å². The number of carbonyl (C=O) groups is 3. The Morgan fingerprint density at radius 1 is 1.00 bits per heavy atom. The Bertz CT molecular complexity index is 807. The monoisotopic (exact) mass is 373 g/mol. The fraction of sp³-hybridized carbons (Fsp3) is 0.211. The highest BCUT2D eigenvalue weighted by Gasteiger charge is 2.27. The Hall–Kier alpha value is -3.42. The summed E-state index contributed by atoms with van der Waals surface area (Å²) in [5, 5.41) is 7.44. The molecule has 0 aromatic heterocycles. The molecule has 142 valence electrons. The van der Waals surface area contributed by atoms with Gasteiger partial charge in [0.05, 0.1) is 7.11 Å². The number of benzene rings is 2. The van der Waals surface area contributed by atoms with Crippen LogP contribution in [0.3, 0.4) is 0 Å². The number of halogens is 1. The fourth-order valence-electron chi connectivity index (χ4n) is 2.24. The van der Waals surface area contributed by atoms with E-state index in [1.54, 1.807) is 24.3 Å². The van der Waals surface area contributed by atoms with E-state index in [2.05, 4.69) is 16.0 Å². The van der Waals surface area contributed by atoms with Gasteiger partial charge >= 0.3 is 0 Å². The van der Waals surface area contributed by atoms with Crippen LogP contribution in [0.4, 0.5) is 10.1 Å². The van der Waals surface area contributed by atoms with E-state index < -0.39 is 23.8 Å². The summed E-state index contributed by atoms with van der Waals surface area (Å²) in [6.07, 6.45) is 0. The molecule has 27 heavy (non-hydrogen) atoms. The minimum Gasteiger partial charge on any atom is -0.497 e. The van der Waals surface area contributed by atoms with Crippen LogP contribution in [0.2, 0.25) is 0 Å². The predicted molar refractivity (Wildman–Crippen MR) is 97.5 cm³/mol. The lowest BCUT2D eigenvalue weighted by Gasteiger charge is -2.17. The zero-order chi connectivity index (χ0) is 19.8. The third kappa shape index (κ3) is 6.10.